The number of benzene rings is 1. The van der Waals surface area contributed by atoms with E-state index in [2.05, 4.69) is 0 Å². The minimum absolute atomic E-state index is 0.249. The van der Waals surface area contributed by atoms with E-state index < -0.39 is 16.4 Å². The second kappa shape index (κ2) is 6.44. The zero-order valence-electron chi connectivity index (χ0n) is 10.5. The number of aromatic nitrogens is 1. The van der Waals surface area contributed by atoms with Crippen LogP contribution in [0.3, 0.4) is 0 Å². The van der Waals surface area contributed by atoms with Crippen LogP contribution in [-0.2, 0) is 0 Å². The van der Waals surface area contributed by atoms with Crippen LogP contribution in [0.25, 0.3) is 5.69 Å². The Hall–Kier alpha value is -2.50. The fraction of sp³-hybridized carbons (Fsp3) is 0.154. The lowest BCUT2D eigenvalue weighted by atomic mass is 10.2. The quantitative estimate of drug-likeness (QED) is 0.618. The van der Waals surface area contributed by atoms with Gasteiger partial charge in [-0.25, -0.2) is 0 Å². The van der Waals surface area contributed by atoms with Gasteiger partial charge in [-0.05, 0) is 12.1 Å². The predicted octanol–water partition coefficient (Wildman–Crippen LogP) is 2.91. The fourth-order valence-corrected chi connectivity index (χ4v) is 1.43. The predicted molar refractivity (Wildman–Crippen MR) is 70.0 cm³/mol. The van der Waals surface area contributed by atoms with Crippen LogP contribution in [0.5, 0.6) is 0 Å². The smallest absolute Gasteiger partial charge is 0.284 e. The minimum Gasteiger partial charge on any atom is -0.284 e. The van der Waals surface area contributed by atoms with Crippen molar-refractivity contribution in [2.24, 2.45) is 0 Å². The van der Waals surface area contributed by atoms with Crippen LogP contribution >= 0.6 is 0 Å². The molecule has 0 atom stereocenters. The van der Waals surface area contributed by atoms with Gasteiger partial charge in [0.2, 0.25) is 5.82 Å². The number of nitro groups is 1. The summed E-state index contributed by atoms with van der Waals surface area (Å²) >= 11 is 0. The SMILES string of the molecule is CC.O=c1ccccn1-c1ccc([N+](=O)[O-])c(F)c1. The molecular weight excluding hydrogens is 251 g/mol. The van der Waals surface area contributed by atoms with Gasteiger partial charge in [0, 0.05) is 24.4 Å². The van der Waals surface area contributed by atoms with Crippen LogP contribution in [0, 0.1) is 15.9 Å². The van der Waals surface area contributed by atoms with Gasteiger partial charge in [-0.1, -0.05) is 19.9 Å². The lowest BCUT2D eigenvalue weighted by Crippen LogP contribution is -2.15. The molecule has 0 N–H and O–H groups in total. The van der Waals surface area contributed by atoms with E-state index in [0.29, 0.717) is 0 Å². The maximum absolute atomic E-state index is 13.4. The molecular formula is C13H13FN2O3. The summed E-state index contributed by atoms with van der Waals surface area (Å²) in [5.74, 6) is -0.969. The number of rotatable bonds is 2. The molecule has 0 aliphatic carbocycles. The molecule has 0 unspecified atom stereocenters. The van der Waals surface area contributed by atoms with Crippen LogP contribution in [0.1, 0.15) is 13.8 Å². The molecule has 0 amide bonds. The van der Waals surface area contributed by atoms with Crippen molar-refractivity contribution in [3.63, 3.8) is 0 Å². The van der Waals surface area contributed by atoms with Crippen LogP contribution < -0.4 is 5.56 Å². The summed E-state index contributed by atoms with van der Waals surface area (Å²) in [6.45, 7) is 4.00. The van der Waals surface area contributed by atoms with E-state index in [9.17, 15) is 19.3 Å². The number of halogens is 1. The molecule has 0 aliphatic rings. The molecule has 0 radical (unpaired) electrons. The second-order valence-corrected chi connectivity index (χ2v) is 3.30. The highest BCUT2D eigenvalue weighted by molar-refractivity contribution is 5.42. The summed E-state index contributed by atoms with van der Waals surface area (Å²) in [5, 5.41) is 10.4. The van der Waals surface area contributed by atoms with Crippen molar-refractivity contribution in [2.75, 3.05) is 0 Å². The number of nitro benzene ring substituents is 1. The minimum atomic E-state index is -0.969. The summed E-state index contributed by atoms with van der Waals surface area (Å²) in [6.07, 6.45) is 1.46. The van der Waals surface area contributed by atoms with E-state index in [4.69, 9.17) is 0 Å². The van der Waals surface area contributed by atoms with Crippen LogP contribution in [0.4, 0.5) is 10.1 Å². The van der Waals surface area contributed by atoms with Gasteiger partial charge in [0.1, 0.15) is 0 Å². The van der Waals surface area contributed by atoms with Crippen LogP contribution in [0.2, 0.25) is 0 Å². The first kappa shape index (κ1) is 14.6. The van der Waals surface area contributed by atoms with Gasteiger partial charge >= 0.3 is 5.69 Å². The fourth-order valence-electron chi connectivity index (χ4n) is 1.43. The molecule has 1 aromatic carbocycles. The Bertz CT molecular complexity index is 638. The van der Waals surface area contributed by atoms with Gasteiger partial charge in [-0.3, -0.25) is 19.5 Å². The summed E-state index contributed by atoms with van der Waals surface area (Å²) in [5.41, 5.74) is -0.697. The third-order valence-corrected chi connectivity index (χ3v) is 2.23. The monoisotopic (exact) mass is 264 g/mol. The summed E-state index contributed by atoms with van der Waals surface area (Å²) in [7, 11) is 0. The largest absolute Gasteiger partial charge is 0.304 e. The molecule has 1 aromatic heterocycles. The lowest BCUT2D eigenvalue weighted by Gasteiger charge is -2.04. The van der Waals surface area contributed by atoms with E-state index >= 15 is 0 Å². The molecule has 0 bridgehead atoms. The van der Waals surface area contributed by atoms with Crippen molar-refractivity contribution in [3.8, 4) is 5.69 Å². The average molecular weight is 264 g/mol. The van der Waals surface area contributed by atoms with E-state index in [1.165, 1.54) is 22.9 Å². The number of pyridine rings is 1. The van der Waals surface area contributed by atoms with Crippen molar-refractivity contribution in [1.82, 2.24) is 4.57 Å². The molecule has 0 spiro atoms. The molecule has 1 heterocycles. The van der Waals surface area contributed by atoms with Gasteiger partial charge < -0.3 is 0 Å². The highest BCUT2D eigenvalue weighted by atomic mass is 19.1. The van der Waals surface area contributed by atoms with Crippen molar-refractivity contribution in [2.45, 2.75) is 13.8 Å². The molecule has 19 heavy (non-hydrogen) atoms. The highest BCUT2D eigenvalue weighted by Crippen LogP contribution is 2.19. The van der Waals surface area contributed by atoms with Crippen molar-refractivity contribution >= 4 is 5.69 Å². The van der Waals surface area contributed by atoms with Crippen molar-refractivity contribution in [1.29, 1.82) is 0 Å². The van der Waals surface area contributed by atoms with E-state index in [1.54, 1.807) is 12.1 Å². The molecule has 0 fully saturated rings. The van der Waals surface area contributed by atoms with E-state index in [0.717, 1.165) is 12.1 Å². The van der Waals surface area contributed by atoms with Crippen molar-refractivity contribution in [3.05, 3.63) is 68.9 Å². The number of hydrogen-bond donors (Lipinski definition) is 0. The Labute approximate surface area is 109 Å². The number of hydrogen-bond acceptors (Lipinski definition) is 3. The van der Waals surface area contributed by atoms with Gasteiger partial charge in [-0.2, -0.15) is 4.39 Å². The third kappa shape index (κ3) is 3.25. The Balaban J connectivity index is 0.000000861. The lowest BCUT2D eigenvalue weighted by molar-refractivity contribution is -0.387. The summed E-state index contributed by atoms with van der Waals surface area (Å²) < 4.78 is 14.6. The van der Waals surface area contributed by atoms with Gasteiger partial charge in [-0.15, -0.1) is 0 Å². The molecule has 6 heteroatoms. The van der Waals surface area contributed by atoms with E-state index in [-0.39, 0.29) is 11.2 Å². The Morgan fingerprint density at radius 3 is 2.42 bits per heavy atom. The maximum Gasteiger partial charge on any atom is 0.304 e. The third-order valence-electron chi connectivity index (χ3n) is 2.23. The first-order valence-corrected chi connectivity index (χ1v) is 5.71. The maximum atomic E-state index is 13.4. The average Bonchev–Trinajstić information content (AvgIpc) is 2.41. The highest BCUT2D eigenvalue weighted by Gasteiger charge is 2.14. The second-order valence-electron chi connectivity index (χ2n) is 3.30. The number of nitrogens with zero attached hydrogens (tertiary/aromatic N) is 2. The summed E-state index contributed by atoms with van der Waals surface area (Å²) in [6, 6.07) is 7.80. The Morgan fingerprint density at radius 2 is 1.89 bits per heavy atom. The zero-order chi connectivity index (χ0) is 14.4. The Kier molecular flexibility index (Phi) is 4.93. The van der Waals surface area contributed by atoms with Gasteiger partial charge in [0.05, 0.1) is 10.6 Å². The molecule has 100 valence electrons. The van der Waals surface area contributed by atoms with E-state index in [1.807, 2.05) is 13.8 Å². The van der Waals surface area contributed by atoms with Gasteiger partial charge in [0.25, 0.3) is 5.56 Å². The molecule has 2 rings (SSSR count). The molecule has 5 nitrogen and oxygen atoms in total. The van der Waals surface area contributed by atoms with Crippen LogP contribution in [0.15, 0.2) is 47.4 Å². The topological polar surface area (TPSA) is 65.1 Å². The summed E-state index contributed by atoms with van der Waals surface area (Å²) in [4.78, 5) is 21.1. The molecule has 2 aromatic rings. The molecule has 0 aliphatic heterocycles. The zero-order valence-corrected chi connectivity index (χ0v) is 10.5. The Morgan fingerprint density at radius 1 is 1.21 bits per heavy atom. The first-order valence-electron chi connectivity index (χ1n) is 5.71. The van der Waals surface area contributed by atoms with Crippen LogP contribution in [-0.4, -0.2) is 9.49 Å². The standard InChI is InChI=1S/C11H7FN2O3.C2H6/c12-9-7-8(4-5-10(9)14(16)17)13-6-2-1-3-11(13)15;1-2/h1-7H;1-2H3. The van der Waals surface area contributed by atoms with Crippen molar-refractivity contribution < 1.29 is 9.31 Å². The van der Waals surface area contributed by atoms with Gasteiger partial charge in [0.15, 0.2) is 0 Å². The molecule has 0 saturated heterocycles. The first-order chi connectivity index (χ1) is 9.09. The molecule has 0 saturated carbocycles. The normalized spacial score (nSPS) is 9.42.